The van der Waals surface area contributed by atoms with Crippen molar-refractivity contribution in [1.29, 1.82) is 0 Å². The molecule has 1 nitrogen and oxygen atoms in total. The van der Waals surface area contributed by atoms with Crippen molar-refractivity contribution < 1.29 is 53.5 Å². The molecule has 0 bridgehead atoms. The summed E-state index contributed by atoms with van der Waals surface area (Å²) in [4.78, 5) is 0. The average Bonchev–Trinajstić information content (AvgIpc) is 3.75. The summed E-state index contributed by atoms with van der Waals surface area (Å²) < 4.78 is 6.35. The first kappa shape index (κ1) is 30.4. The summed E-state index contributed by atoms with van der Waals surface area (Å²) in [5, 5.41) is 0. The van der Waals surface area contributed by atoms with Crippen LogP contribution < -0.4 is 24.8 Å². The quantitative estimate of drug-likeness (QED) is 0.276. The number of halogens is 2. The predicted molar refractivity (Wildman–Crippen MR) is 149 cm³/mol. The number of benzene rings is 4. The second-order valence-electron chi connectivity index (χ2n) is 8.69. The van der Waals surface area contributed by atoms with Gasteiger partial charge < -0.3 is 29.2 Å². The molecule has 0 atom stereocenters. The normalized spacial score (nSPS) is 10.2. The van der Waals surface area contributed by atoms with Crippen LogP contribution >= 0.6 is 0 Å². The van der Waals surface area contributed by atoms with E-state index in [-0.39, 0.29) is 24.8 Å². The molecule has 39 heavy (non-hydrogen) atoms. The predicted octanol–water partition coefficient (Wildman–Crippen LogP) is 2.53. The van der Waals surface area contributed by atoms with E-state index in [1.807, 2.05) is 24.3 Å². The molecule has 0 aliphatic heterocycles. The first-order valence-corrected chi connectivity index (χ1v) is 13.5. The van der Waals surface area contributed by atoms with Crippen LogP contribution in [0.25, 0.3) is 22.3 Å². The van der Waals surface area contributed by atoms with Crippen LogP contribution in [-0.2, 0) is 30.7 Å². The zero-order valence-corrected chi connectivity index (χ0v) is 25.2. The van der Waals surface area contributed by atoms with Gasteiger partial charge in [0.1, 0.15) is 0 Å². The Kier molecular flexibility index (Phi) is 12.0. The molecule has 0 spiro atoms. The molecule has 0 radical (unpaired) electrons. The zero-order valence-electron chi connectivity index (χ0n) is 21.2. The van der Waals surface area contributed by atoms with Crippen molar-refractivity contribution in [3.8, 4) is 22.3 Å². The number of rotatable bonds is 3. The van der Waals surface area contributed by atoms with Crippen LogP contribution in [0.1, 0.15) is 22.3 Å². The van der Waals surface area contributed by atoms with E-state index in [1.54, 1.807) is 12.5 Å². The maximum atomic E-state index is 4.94. The van der Waals surface area contributed by atoms with Crippen LogP contribution in [0.3, 0.4) is 0 Å². The summed E-state index contributed by atoms with van der Waals surface area (Å²) in [7, 11) is 0. The van der Waals surface area contributed by atoms with Crippen molar-refractivity contribution in [2.24, 2.45) is 0 Å². The van der Waals surface area contributed by atoms with Gasteiger partial charge in [-0.3, -0.25) is 0 Å². The molecule has 7 rings (SSSR count). The third-order valence-electron chi connectivity index (χ3n) is 6.26. The molecule has 0 amide bonds. The van der Waals surface area contributed by atoms with Crippen molar-refractivity contribution in [3.05, 3.63) is 174 Å². The third kappa shape index (κ3) is 7.93. The minimum absolute atomic E-state index is 0. The largest absolute Gasteiger partial charge is 0.515 e. The van der Waals surface area contributed by atoms with E-state index in [9.17, 15) is 0 Å². The number of fused-ring (bicyclic) bond motifs is 3. The van der Waals surface area contributed by atoms with Gasteiger partial charge in [-0.1, -0.05) is 52.6 Å². The van der Waals surface area contributed by atoms with Crippen LogP contribution in [-0.4, -0.2) is 3.21 Å². The summed E-state index contributed by atoms with van der Waals surface area (Å²) in [5.41, 5.74) is 10.5. The Morgan fingerprint density at radius 1 is 0.667 bits per heavy atom. The first-order valence-electron chi connectivity index (χ1n) is 12.3. The van der Waals surface area contributed by atoms with Crippen molar-refractivity contribution in [2.75, 3.05) is 0 Å². The smallest absolute Gasteiger partial charge is 0.0471 e. The van der Waals surface area contributed by atoms with Crippen LogP contribution in [0.2, 0.25) is 0 Å². The van der Waals surface area contributed by atoms with Gasteiger partial charge in [-0.05, 0) is 6.42 Å². The molecule has 192 valence electrons. The van der Waals surface area contributed by atoms with E-state index in [0.717, 1.165) is 12.0 Å². The first-order chi connectivity index (χ1) is 18.3. The molecular weight excluding hydrogens is 599 g/mol. The van der Waals surface area contributed by atoms with E-state index in [4.69, 9.17) is 4.42 Å². The maximum absolute atomic E-state index is 4.94. The third-order valence-corrected chi connectivity index (χ3v) is 7.68. The zero-order chi connectivity index (χ0) is 25.3. The topological polar surface area (TPSA) is 13.1 Å². The summed E-state index contributed by atoms with van der Waals surface area (Å²) in [6, 6.07) is 49.3. The number of hydrogen-bond donors (Lipinski definition) is 0. The molecular formula is C35H26Cl2OZr-2. The fraction of sp³-hybridized carbons (Fsp3) is 0.0286. The van der Waals surface area contributed by atoms with Crippen LogP contribution in [0.5, 0.6) is 0 Å². The standard InChI is InChI=1S/C13H9.C13H10.C9H7O.2ClH.Zr/c1-3-7-12-10(5-1)9-11-6-2-4-8-13(11)12;1-3-7-12(8-4-1)11-13-9-5-2-6-10-13;1-2-4-8(3-1)9-5-6-10-7-9;;;/h1-5,7-8H,9H2;1-10H;1-7H;2*1H;/q-1;;-1;;;+2/p-2. The van der Waals surface area contributed by atoms with E-state index < -0.39 is 0 Å². The van der Waals surface area contributed by atoms with Gasteiger partial charge in [-0.25, -0.2) is 0 Å². The fourth-order valence-electron chi connectivity index (χ4n) is 4.37. The molecule has 4 heteroatoms. The van der Waals surface area contributed by atoms with Crippen molar-refractivity contribution >= 4 is 3.21 Å². The molecule has 1 aliphatic carbocycles. The van der Waals surface area contributed by atoms with Gasteiger partial charge in [-0.2, -0.15) is 42.0 Å². The monoisotopic (exact) mass is 622 g/mol. The maximum Gasteiger partial charge on any atom is 0.0471 e. The molecule has 0 N–H and O–H groups in total. The van der Waals surface area contributed by atoms with Gasteiger partial charge in [0.05, 0.1) is 0 Å². The van der Waals surface area contributed by atoms with E-state index >= 15 is 0 Å². The summed E-state index contributed by atoms with van der Waals surface area (Å²) in [6.07, 6.45) is 4.48. The Bertz CT molecular complexity index is 1420. The summed E-state index contributed by atoms with van der Waals surface area (Å²) in [5.74, 6) is 0. The van der Waals surface area contributed by atoms with Gasteiger partial charge in [0.2, 0.25) is 0 Å². The van der Waals surface area contributed by atoms with Crippen LogP contribution in [0.4, 0.5) is 0 Å². The fourth-order valence-corrected chi connectivity index (χ4v) is 5.19. The second-order valence-corrected chi connectivity index (χ2v) is 9.92. The van der Waals surface area contributed by atoms with Crippen molar-refractivity contribution in [2.45, 2.75) is 6.42 Å². The second kappa shape index (κ2) is 15.4. The van der Waals surface area contributed by atoms with Crippen molar-refractivity contribution in [1.82, 2.24) is 0 Å². The Labute approximate surface area is 258 Å². The SMILES string of the molecule is [Cl-].[Cl-].[Zr+2]=[C](c1ccccc1)c1ccccc1.[c-]1cccc2c1Cc1ccccc1-2.c1cc[c-](-c2ccoc2)c1. The Morgan fingerprint density at radius 2 is 1.26 bits per heavy atom. The molecule has 0 fully saturated rings. The van der Waals surface area contributed by atoms with Crippen molar-refractivity contribution in [3.63, 3.8) is 0 Å². The summed E-state index contributed by atoms with van der Waals surface area (Å²) >= 11 is 1.46. The molecule has 0 unspecified atom stereocenters. The molecule has 1 heterocycles. The molecule has 5 aromatic carbocycles. The van der Waals surface area contributed by atoms with E-state index in [1.165, 1.54) is 66.4 Å². The Hall–Kier alpha value is -3.16. The molecule has 6 aromatic rings. The number of hydrogen-bond acceptors (Lipinski definition) is 1. The van der Waals surface area contributed by atoms with Gasteiger partial charge >= 0.3 is 99.2 Å². The molecule has 0 saturated heterocycles. The van der Waals surface area contributed by atoms with E-state index in [2.05, 4.69) is 115 Å². The minimum atomic E-state index is 0. The molecule has 0 saturated carbocycles. The van der Waals surface area contributed by atoms with Crippen LogP contribution in [0.15, 0.2) is 150 Å². The van der Waals surface area contributed by atoms with Gasteiger partial charge in [-0.15, -0.1) is 17.7 Å². The van der Waals surface area contributed by atoms with Gasteiger partial charge in [0.15, 0.2) is 0 Å². The van der Waals surface area contributed by atoms with E-state index in [0.29, 0.717) is 0 Å². The minimum Gasteiger partial charge on any atom is -0.515 e. The Balaban J connectivity index is 0.000000160. The van der Waals surface area contributed by atoms with Gasteiger partial charge in [0, 0.05) is 12.5 Å². The summed E-state index contributed by atoms with van der Waals surface area (Å²) in [6.45, 7) is 0. The Morgan fingerprint density at radius 3 is 1.87 bits per heavy atom. The van der Waals surface area contributed by atoms with Gasteiger partial charge in [0.25, 0.3) is 0 Å². The average molecular weight is 625 g/mol. The number of furan rings is 1. The van der Waals surface area contributed by atoms with Crippen LogP contribution in [0, 0.1) is 6.07 Å². The molecule has 1 aliphatic rings. The molecule has 1 aromatic heterocycles.